The van der Waals surface area contributed by atoms with Crippen molar-refractivity contribution in [1.29, 1.82) is 0 Å². The summed E-state index contributed by atoms with van der Waals surface area (Å²) in [5.41, 5.74) is 3.66. The molecule has 1 aliphatic heterocycles. The van der Waals surface area contributed by atoms with E-state index in [1.807, 2.05) is 0 Å². The van der Waals surface area contributed by atoms with Crippen LogP contribution in [0.4, 0.5) is 0 Å². The van der Waals surface area contributed by atoms with Crippen LogP contribution in [0.1, 0.15) is 35.4 Å². The number of halogens is 3. The van der Waals surface area contributed by atoms with Gasteiger partial charge in [0.25, 0.3) is 0 Å². The molecular weight excluding hydrogens is 460 g/mol. The minimum absolute atomic E-state index is 0.0963. The fourth-order valence-corrected chi connectivity index (χ4v) is 4.94. The highest BCUT2D eigenvalue weighted by molar-refractivity contribution is 9.11. The van der Waals surface area contributed by atoms with E-state index >= 15 is 0 Å². The summed E-state index contributed by atoms with van der Waals surface area (Å²) in [4.78, 5) is 0.161. The maximum atomic E-state index is 5.94. The predicted molar refractivity (Wildman–Crippen MR) is 97.5 cm³/mol. The molecule has 0 saturated carbocycles. The van der Waals surface area contributed by atoms with Crippen molar-refractivity contribution in [1.82, 2.24) is 0 Å². The minimum atomic E-state index is -0.0963. The number of benzene rings is 2. The van der Waals surface area contributed by atoms with E-state index in [0.717, 1.165) is 21.1 Å². The van der Waals surface area contributed by atoms with Gasteiger partial charge in [-0.3, -0.25) is 0 Å². The van der Waals surface area contributed by atoms with E-state index in [4.69, 9.17) is 4.74 Å². The largest absolute Gasteiger partial charge is 0.487 e. The first kappa shape index (κ1) is 15.6. The molecule has 0 amide bonds. The Morgan fingerprint density at radius 3 is 2.57 bits per heavy atom. The van der Waals surface area contributed by atoms with Gasteiger partial charge >= 0.3 is 0 Å². The van der Waals surface area contributed by atoms with Gasteiger partial charge in [-0.15, -0.1) is 0 Å². The van der Waals surface area contributed by atoms with E-state index < -0.39 is 0 Å². The summed E-state index contributed by atoms with van der Waals surface area (Å²) in [6, 6.07) is 12.7. The molecule has 1 aliphatic rings. The Kier molecular flexibility index (Phi) is 4.23. The van der Waals surface area contributed by atoms with E-state index in [9.17, 15) is 0 Å². The average Bonchev–Trinajstić information content (AvgIpc) is 2.70. The van der Waals surface area contributed by atoms with Gasteiger partial charge in [-0.2, -0.15) is 0 Å². The summed E-state index contributed by atoms with van der Waals surface area (Å²) in [7, 11) is 0. The van der Waals surface area contributed by atoms with Crippen molar-refractivity contribution < 1.29 is 4.74 Å². The molecule has 1 nitrogen and oxygen atoms in total. The third-order valence-electron chi connectivity index (χ3n) is 3.62. The van der Waals surface area contributed by atoms with Crippen molar-refractivity contribution in [2.45, 2.75) is 30.7 Å². The molecule has 0 radical (unpaired) electrons. The van der Waals surface area contributed by atoms with Gasteiger partial charge in [-0.25, -0.2) is 0 Å². The van der Waals surface area contributed by atoms with Crippen molar-refractivity contribution in [3.05, 3.63) is 62.0 Å². The van der Waals surface area contributed by atoms with Crippen LogP contribution >= 0.6 is 47.8 Å². The summed E-state index contributed by atoms with van der Waals surface area (Å²) < 4.78 is 8.11. The third-order valence-corrected chi connectivity index (χ3v) is 5.82. The zero-order valence-electron chi connectivity index (χ0n) is 11.8. The number of hydrogen-bond donors (Lipinski definition) is 0. The van der Waals surface area contributed by atoms with Crippen molar-refractivity contribution in [3.8, 4) is 5.75 Å². The van der Waals surface area contributed by atoms with Gasteiger partial charge < -0.3 is 4.74 Å². The summed E-state index contributed by atoms with van der Waals surface area (Å²) in [6.07, 6.45) is 0.956. The van der Waals surface area contributed by atoms with Crippen LogP contribution in [-0.4, -0.2) is 5.60 Å². The monoisotopic (exact) mass is 472 g/mol. The Morgan fingerprint density at radius 1 is 1.10 bits per heavy atom. The molecule has 4 heteroatoms. The van der Waals surface area contributed by atoms with Crippen LogP contribution in [0.5, 0.6) is 5.75 Å². The highest BCUT2D eigenvalue weighted by atomic mass is 79.9. The second kappa shape index (κ2) is 5.71. The fourth-order valence-electron chi connectivity index (χ4n) is 2.67. The van der Waals surface area contributed by atoms with Crippen LogP contribution in [0, 0.1) is 0 Å². The van der Waals surface area contributed by atoms with Gasteiger partial charge in [0.1, 0.15) is 11.4 Å². The molecule has 110 valence electrons. The van der Waals surface area contributed by atoms with Crippen LogP contribution < -0.4 is 4.74 Å². The van der Waals surface area contributed by atoms with Crippen LogP contribution in [0.2, 0.25) is 0 Å². The number of rotatable bonds is 2. The molecule has 0 bridgehead atoms. The lowest BCUT2D eigenvalue weighted by Gasteiger charge is -2.16. The molecule has 2 aromatic carbocycles. The van der Waals surface area contributed by atoms with Crippen LogP contribution in [-0.2, 0) is 6.42 Å². The Bertz CT molecular complexity index is 694. The highest BCUT2D eigenvalue weighted by Gasteiger charge is 2.30. The summed E-state index contributed by atoms with van der Waals surface area (Å²) in [5.74, 6) is 1.01. The van der Waals surface area contributed by atoms with Crippen LogP contribution in [0.15, 0.2) is 45.3 Å². The molecular formula is C17H15Br3O. The maximum Gasteiger partial charge on any atom is 0.123 e. The number of alkyl halides is 1. The molecule has 0 saturated heterocycles. The van der Waals surface area contributed by atoms with Crippen molar-refractivity contribution >= 4 is 47.8 Å². The first-order valence-corrected chi connectivity index (χ1v) is 9.27. The molecule has 1 atom stereocenters. The molecule has 0 aromatic heterocycles. The Morgan fingerprint density at radius 2 is 1.86 bits per heavy atom. The second-order valence-electron chi connectivity index (χ2n) is 5.93. The molecule has 0 spiro atoms. The normalized spacial score (nSPS) is 17.2. The Hall–Kier alpha value is -0.320. The maximum absolute atomic E-state index is 5.94. The van der Waals surface area contributed by atoms with Gasteiger partial charge in [-0.05, 0) is 48.7 Å². The fraction of sp³-hybridized carbons (Fsp3) is 0.294. The SMILES string of the molecule is CC1(C)Cc2cc(C(Br)c3ccc(Br)cc3Br)ccc2O1. The molecule has 0 aliphatic carbocycles. The lowest BCUT2D eigenvalue weighted by Crippen LogP contribution is -2.24. The topological polar surface area (TPSA) is 9.23 Å². The first-order valence-electron chi connectivity index (χ1n) is 6.76. The van der Waals surface area contributed by atoms with Gasteiger partial charge in [-0.1, -0.05) is 66.0 Å². The lowest BCUT2D eigenvalue weighted by molar-refractivity contribution is 0.138. The molecule has 2 aromatic rings. The van der Waals surface area contributed by atoms with Gasteiger partial charge in [0.2, 0.25) is 0 Å². The molecule has 1 unspecified atom stereocenters. The second-order valence-corrected chi connectivity index (χ2v) is 8.62. The highest BCUT2D eigenvalue weighted by Crippen LogP contribution is 2.41. The Labute approximate surface area is 150 Å². The van der Waals surface area contributed by atoms with E-state index in [-0.39, 0.29) is 10.4 Å². The predicted octanol–water partition coefficient (Wildman–Crippen LogP) is 6.41. The zero-order valence-corrected chi connectivity index (χ0v) is 16.5. The van der Waals surface area contributed by atoms with Crippen molar-refractivity contribution in [2.75, 3.05) is 0 Å². The van der Waals surface area contributed by atoms with Crippen LogP contribution in [0.25, 0.3) is 0 Å². The molecule has 3 rings (SSSR count). The summed E-state index contributed by atoms with van der Waals surface area (Å²) >= 11 is 11.0. The van der Waals surface area contributed by atoms with Crippen molar-refractivity contribution in [3.63, 3.8) is 0 Å². The van der Waals surface area contributed by atoms with Gasteiger partial charge in [0.15, 0.2) is 0 Å². The number of hydrogen-bond acceptors (Lipinski definition) is 1. The summed E-state index contributed by atoms with van der Waals surface area (Å²) in [5, 5.41) is 0. The first-order chi connectivity index (χ1) is 9.85. The van der Waals surface area contributed by atoms with Gasteiger partial charge in [0, 0.05) is 15.4 Å². The smallest absolute Gasteiger partial charge is 0.123 e. The standard InChI is InChI=1S/C17H15Br3O/c1-17(2)9-11-7-10(3-6-15(11)21-17)16(20)13-5-4-12(18)8-14(13)19/h3-8,16H,9H2,1-2H3. The lowest BCUT2D eigenvalue weighted by atomic mass is 9.98. The number of fused-ring (bicyclic) bond motifs is 1. The quantitative estimate of drug-likeness (QED) is 0.457. The molecule has 21 heavy (non-hydrogen) atoms. The summed E-state index contributed by atoms with van der Waals surface area (Å²) in [6.45, 7) is 4.26. The van der Waals surface area contributed by atoms with E-state index in [2.05, 4.69) is 98.0 Å². The van der Waals surface area contributed by atoms with E-state index in [1.165, 1.54) is 16.7 Å². The van der Waals surface area contributed by atoms with Gasteiger partial charge in [0.05, 0.1) is 4.83 Å². The third kappa shape index (κ3) is 3.22. The molecule has 1 heterocycles. The average molecular weight is 475 g/mol. The van der Waals surface area contributed by atoms with Crippen molar-refractivity contribution in [2.24, 2.45) is 0 Å². The minimum Gasteiger partial charge on any atom is -0.487 e. The van der Waals surface area contributed by atoms with E-state index in [0.29, 0.717) is 0 Å². The van der Waals surface area contributed by atoms with Crippen LogP contribution in [0.3, 0.4) is 0 Å². The molecule has 0 fully saturated rings. The molecule has 0 N–H and O–H groups in total. The zero-order chi connectivity index (χ0) is 15.2. The Balaban J connectivity index is 1.95. The van der Waals surface area contributed by atoms with E-state index in [1.54, 1.807) is 0 Å². The number of ether oxygens (including phenoxy) is 1.